The molecule has 1 heterocycles. The minimum absolute atomic E-state index is 0.152. The van der Waals surface area contributed by atoms with Gasteiger partial charge < -0.3 is 10.1 Å². The highest BCUT2D eigenvalue weighted by molar-refractivity contribution is 9.10. The number of anilines is 1. The van der Waals surface area contributed by atoms with Gasteiger partial charge in [0.15, 0.2) is 0 Å². The molecule has 0 atom stereocenters. The zero-order valence-corrected chi connectivity index (χ0v) is 13.2. The van der Waals surface area contributed by atoms with Gasteiger partial charge in [0.2, 0.25) is 5.91 Å². The fraction of sp³-hybridized carbons (Fsp3) is 0.467. The number of unbranched alkanes of at least 4 members (excludes halogenated alkanes) is 2. The molecular weight excluding hydrogens is 320 g/mol. The summed E-state index contributed by atoms with van der Waals surface area (Å²) >= 11 is 3.42. The summed E-state index contributed by atoms with van der Waals surface area (Å²) in [6.45, 7) is 2.71. The van der Waals surface area contributed by atoms with E-state index in [0.717, 1.165) is 35.0 Å². The van der Waals surface area contributed by atoms with Crippen molar-refractivity contribution < 1.29 is 10.0 Å². The van der Waals surface area contributed by atoms with E-state index >= 15 is 0 Å². The summed E-state index contributed by atoms with van der Waals surface area (Å²) in [7, 11) is 0. The third-order valence-electron chi connectivity index (χ3n) is 3.55. The van der Waals surface area contributed by atoms with E-state index in [0.29, 0.717) is 25.1 Å². The van der Waals surface area contributed by atoms with E-state index in [9.17, 15) is 4.79 Å². The Kier molecular flexibility index (Phi) is 5.17. The van der Waals surface area contributed by atoms with E-state index in [-0.39, 0.29) is 5.91 Å². The van der Waals surface area contributed by atoms with Crippen LogP contribution in [0.15, 0.2) is 27.8 Å². The Balaban J connectivity index is 2.23. The van der Waals surface area contributed by atoms with E-state index in [1.807, 2.05) is 23.1 Å². The number of benzene rings is 1. The maximum Gasteiger partial charge on any atom is 0.227 e. The summed E-state index contributed by atoms with van der Waals surface area (Å²) in [5, 5.41) is 12.5. The van der Waals surface area contributed by atoms with E-state index in [1.54, 1.807) is 0 Å². The maximum atomic E-state index is 12.3. The smallest absolute Gasteiger partial charge is 0.227 e. The summed E-state index contributed by atoms with van der Waals surface area (Å²) in [6.07, 6.45) is 4.28. The highest BCUT2D eigenvalue weighted by Gasteiger charge is 2.26. The Morgan fingerprint density at radius 1 is 1.45 bits per heavy atom. The van der Waals surface area contributed by atoms with Crippen molar-refractivity contribution in [3.8, 4) is 0 Å². The number of carbonyl (C=O) groups excluding carboxylic acids is 1. The first-order chi connectivity index (χ1) is 9.67. The van der Waals surface area contributed by atoms with Gasteiger partial charge in [-0.1, -0.05) is 40.9 Å². The molecule has 0 spiro atoms. The van der Waals surface area contributed by atoms with Crippen LogP contribution in [0.2, 0.25) is 0 Å². The van der Waals surface area contributed by atoms with Crippen LogP contribution < -0.4 is 4.90 Å². The molecule has 0 unspecified atom stereocenters. The van der Waals surface area contributed by atoms with Gasteiger partial charge in [0.25, 0.3) is 0 Å². The lowest BCUT2D eigenvalue weighted by Crippen LogP contribution is -2.37. The lowest BCUT2D eigenvalue weighted by atomic mass is 9.99. The quantitative estimate of drug-likeness (QED) is 0.513. The fourth-order valence-electron chi connectivity index (χ4n) is 2.47. The molecule has 2 rings (SSSR count). The second-order valence-corrected chi connectivity index (χ2v) is 5.88. The molecule has 0 saturated carbocycles. The zero-order valence-electron chi connectivity index (χ0n) is 11.6. The van der Waals surface area contributed by atoms with Gasteiger partial charge in [-0.2, -0.15) is 0 Å². The fourth-order valence-corrected chi connectivity index (χ4v) is 2.83. The Morgan fingerprint density at radius 3 is 2.95 bits per heavy atom. The van der Waals surface area contributed by atoms with Crippen molar-refractivity contribution in [1.82, 2.24) is 0 Å². The van der Waals surface area contributed by atoms with Crippen LogP contribution >= 0.6 is 15.9 Å². The van der Waals surface area contributed by atoms with E-state index in [4.69, 9.17) is 5.21 Å². The van der Waals surface area contributed by atoms with Crippen LogP contribution in [0.4, 0.5) is 5.69 Å². The van der Waals surface area contributed by atoms with Crippen molar-refractivity contribution in [3.63, 3.8) is 0 Å². The Morgan fingerprint density at radius 2 is 2.25 bits per heavy atom. The van der Waals surface area contributed by atoms with Crippen LogP contribution in [0, 0.1) is 0 Å². The number of hydrogen-bond acceptors (Lipinski definition) is 3. The molecule has 1 aliphatic heterocycles. The van der Waals surface area contributed by atoms with Crippen molar-refractivity contribution in [2.75, 3.05) is 11.4 Å². The van der Waals surface area contributed by atoms with Crippen LogP contribution in [0.3, 0.4) is 0 Å². The lowest BCUT2D eigenvalue weighted by Gasteiger charge is -2.30. The standard InChI is InChI=1S/C15H19BrN2O2/c1-2-3-4-5-15(19)18-9-8-13(17-20)12-10-11(16)6-7-14(12)18/h6-7,10,20H,2-5,8-9H2,1H3/b17-13-. The molecule has 0 aliphatic carbocycles. The second-order valence-electron chi connectivity index (χ2n) is 4.96. The second kappa shape index (κ2) is 6.88. The van der Waals surface area contributed by atoms with Gasteiger partial charge in [0.05, 0.1) is 11.4 Å². The van der Waals surface area contributed by atoms with Gasteiger partial charge in [-0.25, -0.2) is 0 Å². The van der Waals surface area contributed by atoms with E-state index in [1.165, 1.54) is 0 Å². The van der Waals surface area contributed by atoms with Gasteiger partial charge in [-0.15, -0.1) is 0 Å². The van der Waals surface area contributed by atoms with E-state index in [2.05, 4.69) is 28.0 Å². The molecule has 1 aromatic carbocycles. The molecular formula is C15H19BrN2O2. The van der Waals surface area contributed by atoms with Gasteiger partial charge in [-0.05, 0) is 24.6 Å². The first kappa shape index (κ1) is 15.0. The monoisotopic (exact) mass is 338 g/mol. The zero-order chi connectivity index (χ0) is 14.5. The molecule has 0 fully saturated rings. The predicted octanol–water partition coefficient (Wildman–Crippen LogP) is 3.94. The van der Waals surface area contributed by atoms with Crippen molar-refractivity contribution >= 4 is 33.2 Å². The normalized spacial score (nSPS) is 16.3. The van der Waals surface area contributed by atoms with Crippen molar-refractivity contribution in [2.45, 2.75) is 39.0 Å². The topological polar surface area (TPSA) is 52.9 Å². The molecule has 1 amide bonds. The predicted molar refractivity (Wildman–Crippen MR) is 83.6 cm³/mol. The molecule has 1 aliphatic rings. The minimum Gasteiger partial charge on any atom is -0.411 e. The number of amides is 1. The van der Waals surface area contributed by atoms with Crippen molar-refractivity contribution in [3.05, 3.63) is 28.2 Å². The molecule has 20 heavy (non-hydrogen) atoms. The summed E-state index contributed by atoms with van der Waals surface area (Å²) < 4.78 is 0.915. The van der Waals surface area contributed by atoms with Crippen LogP contribution in [-0.4, -0.2) is 23.4 Å². The molecule has 1 aromatic rings. The highest BCUT2D eigenvalue weighted by atomic mass is 79.9. The largest absolute Gasteiger partial charge is 0.411 e. The van der Waals surface area contributed by atoms with Crippen molar-refractivity contribution in [2.24, 2.45) is 5.16 Å². The number of oxime groups is 1. The average molecular weight is 339 g/mol. The molecule has 0 aromatic heterocycles. The molecule has 1 N–H and O–H groups in total. The summed E-state index contributed by atoms with van der Waals surface area (Å²) in [6, 6.07) is 5.71. The van der Waals surface area contributed by atoms with Gasteiger partial charge in [-0.3, -0.25) is 4.79 Å². The Hall–Kier alpha value is -1.36. The third kappa shape index (κ3) is 3.20. The van der Waals surface area contributed by atoms with Crippen molar-refractivity contribution in [1.29, 1.82) is 0 Å². The highest BCUT2D eigenvalue weighted by Crippen LogP contribution is 2.30. The number of rotatable bonds is 4. The third-order valence-corrected chi connectivity index (χ3v) is 4.04. The minimum atomic E-state index is 0.152. The Bertz CT molecular complexity index is 529. The summed E-state index contributed by atoms with van der Waals surface area (Å²) in [4.78, 5) is 14.1. The molecule has 0 bridgehead atoms. The first-order valence-corrected chi connectivity index (χ1v) is 7.78. The van der Waals surface area contributed by atoms with Crippen LogP contribution in [0.5, 0.6) is 0 Å². The molecule has 0 radical (unpaired) electrons. The molecule has 108 valence electrons. The summed E-state index contributed by atoms with van der Waals surface area (Å²) in [5.41, 5.74) is 2.31. The van der Waals surface area contributed by atoms with Crippen LogP contribution in [0.1, 0.15) is 44.6 Å². The molecule has 0 saturated heterocycles. The number of nitrogens with zero attached hydrogens (tertiary/aromatic N) is 2. The van der Waals surface area contributed by atoms with Crippen LogP contribution in [-0.2, 0) is 4.79 Å². The maximum absolute atomic E-state index is 12.3. The van der Waals surface area contributed by atoms with Gasteiger partial charge in [0, 0.05) is 29.4 Å². The number of halogens is 1. The average Bonchev–Trinajstić information content (AvgIpc) is 2.46. The molecule has 4 nitrogen and oxygen atoms in total. The number of carbonyl (C=O) groups is 1. The first-order valence-electron chi connectivity index (χ1n) is 6.98. The number of fused-ring (bicyclic) bond motifs is 1. The summed E-state index contributed by atoms with van der Waals surface area (Å²) in [5.74, 6) is 0.152. The van der Waals surface area contributed by atoms with E-state index < -0.39 is 0 Å². The van der Waals surface area contributed by atoms with Gasteiger partial charge >= 0.3 is 0 Å². The SMILES string of the molecule is CCCCCC(=O)N1CC/C(=N/O)c2cc(Br)ccc21. The molecule has 5 heteroatoms. The Labute approximate surface area is 127 Å². The van der Waals surface area contributed by atoms with Crippen LogP contribution in [0.25, 0.3) is 0 Å². The van der Waals surface area contributed by atoms with Gasteiger partial charge in [0.1, 0.15) is 0 Å². The lowest BCUT2D eigenvalue weighted by molar-refractivity contribution is -0.118. The number of hydrogen-bond donors (Lipinski definition) is 1.